The summed E-state index contributed by atoms with van der Waals surface area (Å²) in [6, 6.07) is 0. The summed E-state index contributed by atoms with van der Waals surface area (Å²) in [7, 11) is 0. The van der Waals surface area contributed by atoms with Gasteiger partial charge in [0, 0.05) is 19.6 Å². The van der Waals surface area contributed by atoms with Gasteiger partial charge in [-0.1, -0.05) is 13.3 Å². The Kier molecular flexibility index (Phi) is 8.33. The van der Waals surface area contributed by atoms with E-state index in [0.29, 0.717) is 13.0 Å². The van der Waals surface area contributed by atoms with Crippen LogP contribution in [0, 0.1) is 0 Å². The summed E-state index contributed by atoms with van der Waals surface area (Å²) in [6.07, 6.45) is 1.62. The van der Waals surface area contributed by atoms with Crippen molar-refractivity contribution in [1.29, 1.82) is 0 Å². The van der Waals surface area contributed by atoms with Crippen LogP contribution < -0.4 is 5.73 Å². The molecule has 0 aliphatic carbocycles. The fourth-order valence-electron chi connectivity index (χ4n) is 0.989. The summed E-state index contributed by atoms with van der Waals surface area (Å²) < 4.78 is 5.34. The molecule has 0 spiro atoms. The van der Waals surface area contributed by atoms with Crippen molar-refractivity contribution in [3.8, 4) is 0 Å². The highest BCUT2D eigenvalue weighted by Crippen LogP contribution is 2.03. The third kappa shape index (κ3) is 6.95. The van der Waals surface area contributed by atoms with Crippen molar-refractivity contribution >= 4 is 0 Å². The Bertz CT molecular complexity index is 111. The van der Waals surface area contributed by atoms with Gasteiger partial charge in [0.05, 0.1) is 18.8 Å². The zero-order valence-corrected chi connectivity index (χ0v) is 8.28. The summed E-state index contributed by atoms with van der Waals surface area (Å²) in [4.78, 5) is 0. The summed E-state index contributed by atoms with van der Waals surface area (Å²) >= 11 is 0. The number of rotatable bonds is 8. The van der Waals surface area contributed by atoms with Crippen LogP contribution in [-0.4, -0.2) is 42.2 Å². The van der Waals surface area contributed by atoms with Gasteiger partial charge in [-0.2, -0.15) is 0 Å². The molecule has 0 bridgehead atoms. The molecule has 0 aliphatic heterocycles. The Morgan fingerprint density at radius 1 is 1.46 bits per heavy atom. The van der Waals surface area contributed by atoms with Crippen LogP contribution in [0.4, 0.5) is 0 Å². The fraction of sp³-hybridized carbons (Fsp3) is 1.00. The molecule has 0 heterocycles. The van der Waals surface area contributed by atoms with E-state index in [1.165, 1.54) is 0 Å². The molecular weight excluding hydrogens is 170 g/mol. The molecule has 0 aromatic rings. The van der Waals surface area contributed by atoms with Crippen molar-refractivity contribution in [1.82, 2.24) is 0 Å². The van der Waals surface area contributed by atoms with Crippen molar-refractivity contribution in [3.05, 3.63) is 0 Å². The van der Waals surface area contributed by atoms with E-state index in [1.54, 1.807) is 0 Å². The molecule has 0 aromatic carbocycles. The second kappa shape index (κ2) is 8.44. The highest BCUT2D eigenvalue weighted by atomic mass is 16.5. The number of unbranched alkanes of at least 4 members (excludes halogenated alkanes) is 1. The molecule has 4 nitrogen and oxygen atoms in total. The van der Waals surface area contributed by atoms with Crippen molar-refractivity contribution < 1.29 is 14.9 Å². The van der Waals surface area contributed by atoms with Crippen LogP contribution in [0.25, 0.3) is 0 Å². The lowest BCUT2D eigenvalue weighted by Gasteiger charge is -2.17. The molecule has 0 fully saturated rings. The molecule has 0 aromatic heterocycles. The number of hydrogen-bond acceptors (Lipinski definition) is 4. The smallest absolute Gasteiger partial charge is 0.0830 e. The number of hydrogen-bond donors (Lipinski definition) is 3. The maximum absolute atomic E-state index is 9.20. The van der Waals surface area contributed by atoms with Gasteiger partial charge in [0.2, 0.25) is 0 Å². The van der Waals surface area contributed by atoms with Gasteiger partial charge in [-0.15, -0.1) is 0 Å². The molecule has 0 rings (SSSR count). The van der Waals surface area contributed by atoms with Gasteiger partial charge in [0.1, 0.15) is 0 Å². The van der Waals surface area contributed by atoms with E-state index in [1.807, 2.05) is 0 Å². The summed E-state index contributed by atoms with van der Waals surface area (Å²) in [6.45, 7) is 2.87. The maximum Gasteiger partial charge on any atom is 0.0830 e. The predicted molar refractivity (Wildman–Crippen MR) is 51.4 cm³/mol. The van der Waals surface area contributed by atoms with Gasteiger partial charge in [0.25, 0.3) is 0 Å². The lowest BCUT2D eigenvalue weighted by atomic mass is 10.1. The molecule has 13 heavy (non-hydrogen) atoms. The largest absolute Gasteiger partial charge is 0.394 e. The van der Waals surface area contributed by atoms with Crippen LogP contribution in [0.5, 0.6) is 0 Å². The first-order valence-corrected chi connectivity index (χ1v) is 4.85. The van der Waals surface area contributed by atoms with E-state index in [-0.39, 0.29) is 19.3 Å². The minimum atomic E-state index is -0.571. The van der Waals surface area contributed by atoms with Crippen molar-refractivity contribution in [3.63, 3.8) is 0 Å². The third-order valence-corrected chi connectivity index (χ3v) is 1.86. The average Bonchev–Trinajstić information content (AvgIpc) is 2.16. The van der Waals surface area contributed by atoms with Crippen molar-refractivity contribution in [2.75, 3.05) is 19.8 Å². The Balaban J connectivity index is 3.50. The van der Waals surface area contributed by atoms with E-state index >= 15 is 0 Å². The van der Waals surface area contributed by atoms with E-state index in [9.17, 15) is 5.11 Å². The Hall–Kier alpha value is -0.160. The number of nitrogens with two attached hydrogens (primary N) is 1. The third-order valence-electron chi connectivity index (χ3n) is 1.86. The first-order chi connectivity index (χ1) is 6.24. The normalized spacial score (nSPS) is 15.7. The van der Waals surface area contributed by atoms with Gasteiger partial charge < -0.3 is 20.7 Å². The molecule has 0 amide bonds. The molecule has 0 saturated heterocycles. The van der Waals surface area contributed by atoms with Gasteiger partial charge in [0.15, 0.2) is 0 Å². The first kappa shape index (κ1) is 12.8. The Morgan fingerprint density at radius 3 is 2.62 bits per heavy atom. The molecule has 4 N–H and O–H groups in total. The van der Waals surface area contributed by atoms with Crippen LogP contribution >= 0.6 is 0 Å². The zero-order valence-electron chi connectivity index (χ0n) is 8.28. The molecule has 2 atom stereocenters. The molecule has 2 unspecified atom stereocenters. The molecular formula is C9H21NO3. The molecule has 0 saturated carbocycles. The molecule has 4 heteroatoms. The second-order valence-corrected chi connectivity index (χ2v) is 3.15. The molecule has 80 valence electrons. The van der Waals surface area contributed by atoms with Crippen LogP contribution in [0.2, 0.25) is 0 Å². The molecule has 0 radical (unpaired) electrons. The second-order valence-electron chi connectivity index (χ2n) is 3.15. The maximum atomic E-state index is 9.20. The summed E-state index contributed by atoms with van der Waals surface area (Å²) in [5, 5.41) is 18.1. The Labute approximate surface area is 79.7 Å². The lowest BCUT2D eigenvalue weighted by molar-refractivity contribution is -0.0166. The van der Waals surface area contributed by atoms with E-state index in [4.69, 9.17) is 15.6 Å². The standard InChI is InChI=1S/C9H21NO3/c1-2-3-4-13-9(7-11)5-8(12)6-10/h8-9,11-12H,2-7,10H2,1H3. The quantitative estimate of drug-likeness (QED) is 0.467. The lowest BCUT2D eigenvalue weighted by Crippen LogP contribution is -2.29. The van der Waals surface area contributed by atoms with Crippen molar-refractivity contribution in [2.45, 2.75) is 38.4 Å². The average molecular weight is 191 g/mol. The van der Waals surface area contributed by atoms with Crippen LogP contribution in [0.1, 0.15) is 26.2 Å². The van der Waals surface area contributed by atoms with Gasteiger partial charge in [-0.05, 0) is 6.42 Å². The number of aliphatic hydroxyl groups excluding tert-OH is 2. The molecule has 0 aliphatic rings. The van der Waals surface area contributed by atoms with Gasteiger partial charge >= 0.3 is 0 Å². The van der Waals surface area contributed by atoms with E-state index in [2.05, 4.69) is 6.92 Å². The minimum Gasteiger partial charge on any atom is -0.394 e. The SMILES string of the molecule is CCCCOC(CO)CC(O)CN. The monoisotopic (exact) mass is 191 g/mol. The highest BCUT2D eigenvalue weighted by Gasteiger charge is 2.12. The van der Waals surface area contributed by atoms with Gasteiger partial charge in [-0.3, -0.25) is 0 Å². The highest BCUT2D eigenvalue weighted by molar-refractivity contribution is 4.64. The van der Waals surface area contributed by atoms with E-state index < -0.39 is 6.10 Å². The fourth-order valence-corrected chi connectivity index (χ4v) is 0.989. The van der Waals surface area contributed by atoms with Crippen LogP contribution in [0.3, 0.4) is 0 Å². The minimum absolute atomic E-state index is 0.0548. The van der Waals surface area contributed by atoms with Crippen LogP contribution in [-0.2, 0) is 4.74 Å². The number of aliphatic hydroxyl groups is 2. The topological polar surface area (TPSA) is 75.7 Å². The van der Waals surface area contributed by atoms with Crippen molar-refractivity contribution in [2.24, 2.45) is 5.73 Å². The Morgan fingerprint density at radius 2 is 2.15 bits per heavy atom. The first-order valence-electron chi connectivity index (χ1n) is 4.85. The van der Waals surface area contributed by atoms with Gasteiger partial charge in [-0.25, -0.2) is 0 Å². The van der Waals surface area contributed by atoms with Crippen LogP contribution in [0.15, 0.2) is 0 Å². The zero-order chi connectivity index (χ0) is 10.1. The summed E-state index contributed by atoms with van der Waals surface area (Å²) in [5.74, 6) is 0. The predicted octanol–water partition coefficient (Wildman–Crippen LogP) is -0.126. The van der Waals surface area contributed by atoms with E-state index in [0.717, 1.165) is 12.8 Å². The number of ether oxygens (including phenoxy) is 1. The summed E-state index contributed by atoms with van der Waals surface area (Å²) in [5.41, 5.74) is 5.24.